The molecule has 1 amide bonds. The molecule has 13 heteroatoms. The van der Waals surface area contributed by atoms with Crippen LogP contribution < -0.4 is 11.5 Å². The highest BCUT2D eigenvalue weighted by Gasteiger charge is 2.29. The SMILES string of the molecule is NC(N)=NCC(=O)N(CP(=O)(O)O)CP(=O)(O)O. The van der Waals surface area contributed by atoms with Crippen LogP contribution in [0.3, 0.4) is 0 Å². The zero-order valence-electron chi connectivity index (χ0n) is 9.08. The van der Waals surface area contributed by atoms with E-state index in [0.29, 0.717) is 4.90 Å². The van der Waals surface area contributed by atoms with Gasteiger partial charge in [0, 0.05) is 0 Å². The average molecular weight is 304 g/mol. The summed E-state index contributed by atoms with van der Waals surface area (Å²) in [5, 5.41) is 0. The molecule has 0 aliphatic heterocycles. The van der Waals surface area contributed by atoms with Gasteiger partial charge in [-0.25, -0.2) is 4.99 Å². The second-order valence-electron chi connectivity index (χ2n) is 3.29. The molecule has 0 aliphatic rings. The zero-order valence-corrected chi connectivity index (χ0v) is 10.9. The lowest BCUT2D eigenvalue weighted by Gasteiger charge is -2.22. The lowest BCUT2D eigenvalue weighted by atomic mass is 10.5. The van der Waals surface area contributed by atoms with Crippen LogP contribution in [0.25, 0.3) is 0 Å². The molecule has 8 N–H and O–H groups in total. The van der Waals surface area contributed by atoms with E-state index < -0.39 is 46.2 Å². The molecule has 0 rings (SSSR count). The molecule has 0 spiro atoms. The summed E-state index contributed by atoms with van der Waals surface area (Å²) in [5.74, 6) is -1.45. The van der Waals surface area contributed by atoms with Gasteiger partial charge >= 0.3 is 15.2 Å². The maximum Gasteiger partial charge on any atom is 0.344 e. The van der Waals surface area contributed by atoms with Crippen molar-refractivity contribution in [1.29, 1.82) is 0 Å². The smallest absolute Gasteiger partial charge is 0.344 e. The normalized spacial score (nSPS) is 12.0. The van der Waals surface area contributed by atoms with E-state index in [1.807, 2.05) is 0 Å². The summed E-state index contributed by atoms with van der Waals surface area (Å²) in [5.41, 5.74) is 9.89. The molecule has 0 fully saturated rings. The molecule has 18 heavy (non-hydrogen) atoms. The monoisotopic (exact) mass is 304 g/mol. The molecule has 0 aromatic carbocycles. The van der Waals surface area contributed by atoms with Crippen molar-refractivity contribution in [2.75, 3.05) is 19.1 Å². The third-order valence-corrected chi connectivity index (χ3v) is 2.88. The van der Waals surface area contributed by atoms with Crippen LogP contribution in [0, 0.1) is 0 Å². The van der Waals surface area contributed by atoms with Gasteiger partial charge in [0.2, 0.25) is 5.91 Å². The second-order valence-corrected chi connectivity index (χ2v) is 6.51. The molecule has 0 radical (unpaired) electrons. The van der Waals surface area contributed by atoms with Crippen LogP contribution in [0.5, 0.6) is 0 Å². The largest absolute Gasteiger partial charge is 0.370 e. The van der Waals surface area contributed by atoms with Crippen LogP contribution in [0.15, 0.2) is 4.99 Å². The third-order valence-electron chi connectivity index (χ3n) is 1.46. The molecule has 0 heterocycles. The predicted molar refractivity (Wildman–Crippen MR) is 61.3 cm³/mol. The predicted octanol–water partition coefficient (Wildman–Crippen LogP) is -2.64. The maximum absolute atomic E-state index is 11.4. The van der Waals surface area contributed by atoms with Gasteiger partial charge in [-0.3, -0.25) is 13.9 Å². The number of rotatable bonds is 6. The molecule has 0 aliphatic carbocycles. The lowest BCUT2D eigenvalue weighted by molar-refractivity contribution is -0.128. The first-order chi connectivity index (χ1) is 7.91. The Hall–Kier alpha value is -0.960. The molecular formula is C5H14N4O7P2. The van der Waals surface area contributed by atoms with E-state index in [2.05, 4.69) is 4.99 Å². The standard InChI is InChI=1S/C5H14N4O7P2/c6-5(7)8-1-4(10)9(2-17(11,12)13)3-18(14,15)16/h1-3H2,(H4,6,7,8)(H2,11,12,13)(H2,14,15,16). The van der Waals surface area contributed by atoms with Gasteiger partial charge in [-0.05, 0) is 0 Å². The van der Waals surface area contributed by atoms with Crippen molar-refractivity contribution in [3.8, 4) is 0 Å². The van der Waals surface area contributed by atoms with E-state index in [4.69, 9.17) is 31.0 Å². The number of guanidine groups is 1. The Morgan fingerprint density at radius 1 is 1.06 bits per heavy atom. The summed E-state index contributed by atoms with van der Waals surface area (Å²) in [4.78, 5) is 49.8. The summed E-state index contributed by atoms with van der Waals surface area (Å²) in [6.45, 7) is -0.664. The number of hydrogen-bond acceptors (Lipinski definition) is 4. The highest BCUT2D eigenvalue weighted by atomic mass is 31.2. The average Bonchev–Trinajstić information content (AvgIpc) is 2.08. The molecule has 11 nitrogen and oxygen atoms in total. The minimum Gasteiger partial charge on any atom is -0.370 e. The molecule has 0 aromatic rings. The molecule has 0 bridgehead atoms. The van der Waals surface area contributed by atoms with E-state index in [1.54, 1.807) is 0 Å². The van der Waals surface area contributed by atoms with Crippen molar-refractivity contribution in [2.45, 2.75) is 0 Å². The number of amides is 1. The number of nitrogens with two attached hydrogens (primary N) is 2. The quantitative estimate of drug-likeness (QED) is 0.172. The summed E-state index contributed by atoms with van der Waals surface area (Å²) < 4.78 is 21.5. The van der Waals surface area contributed by atoms with E-state index in [-0.39, 0.29) is 0 Å². The Morgan fingerprint density at radius 3 is 1.72 bits per heavy atom. The number of carbonyl (C=O) groups is 1. The molecule has 0 saturated heterocycles. The maximum atomic E-state index is 11.4. The molecule has 0 aromatic heterocycles. The van der Waals surface area contributed by atoms with Crippen LogP contribution in [-0.4, -0.2) is 55.5 Å². The minimum absolute atomic E-state index is 0.313. The lowest BCUT2D eigenvalue weighted by Crippen LogP contribution is -2.35. The van der Waals surface area contributed by atoms with Crippen LogP contribution in [0.1, 0.15) is 0 Å². The Kier molecular flexibility index (Phi) is 5.94. The number of hydrogen-bond donors (Lipinski definition) is 6. The van der Waals surface area contributed by atoms with Crippen LogP contribution in [-0.2, 0) is 13.9 Å². The Balaban J connectivity index is 4.87. The van der Waals surface area contributed by atoms with E-state index in [9.17, 15) is 13.9 Å². The first kappa shape index (κ1) is 17.0. The molecule has 106 valence electrons. The number of aliphatic imine (C=N–C) groups is 1. The third kappa shape index (κ3) is 9.11. The van der Waals surface area contributed by atoms with Crippen molar-refractivity contribution in [3.05, 3.63) is 0 Å². The fraction of sp³-hybridized carbons (Fsp3) is 0.600. The summed E-state index contributed by atoms with van der Waals surface area (Å²) in [6.07, 6.45) is -2.26. The summed E-state index contributed by atoms with van der Waals surface area (Å²) in [6, 6.07) is 0. The highest BCUT2D eigenvalue weighted by Crippen LogP contribution is 2.40. The van der Waals surface area contributed by atoms with E-state index in [1.165, 1.54) is 0 Å². The molecule has 0 atom stereocenters. The van der Waals surface area contributed by atoms with Gasteiger partial charge in [-0.15, -0.1) is 0 Å². The van der Waals surface area contributed by atoms with E-state index >= 15 is 0 Å². The van der Waals surface area contributed by atoms with E-state index in [0.717, 1.165) is 0 Å². The fourth-order valence-electron chi connectivity index (χ4n) is 0.906. The van der Waals surface area contributed by atoms with Crippen molar-refractivity contribution in [1.82, 2.24) is 4.90 Å². The second kappa shape index (κ2) is 6.28. The first-order valence-electron chi connectivity index (χ1n) is 4.33. The van der Waals surface area contributed by atoms with Crippen LogP contribution >= 0.6 is 15.2 Å². The first-order valence-corrected chi connectivity index (χ1v) is 7.92. The van der Waals surface area contributed by atoms with Gasteiger partial charge in [-0.2, -0.15) is 0 Å². The Bertz CT molecular complexity index is 398. The Labute approximate surface area is 102 Å². The van der Waals surface area contributed by atoms with Crippen molar-refractivity contribution < 1.29 is 33.5 Å². The highest BCUT2D eigenvalue weighted by molar-refractivity contribution is 7.52. The zero-order chi connectivity index (χ0) is 14.6. The Morgan fingerprint density at radius 2 is 1.44 bits per heavy atom. The minimum atomic E-state index is -4.66. The van der Waals surface area contributed by atoms with Gasteiger partial charge in [0.05, 0.1) is 0 Å². The van der Waals surface area contributed by atoms with Gasteiger partial charge in [0.25, 0.3) is 0 Å². The van der Waals surface area contributed by atoms with Crippen molar-refractivity contribution in [2.24, 2.45) is 16.5 Å². The topological polar surface area (TPSA) is 200 Å². The summed E-state index contributed by atoms with van der Waals surface area (Å²) in [7, 11) is -9.32. The fourth-order valence-corrected chi connectivity index (χ4v) is 2.47. The van der Waals surface area contributed by atoms with Crippen LogP contribution in [0.2, 0.25) is 0 Å². The summed E-state index contributed by atoms with van der Waals surface area (Å²) >= 11 is 0. The number of carbonyl (C=O) groups excluding carboxylic acids is 1. The van der Waals surface area contributed by atoms with Crippen molar-refractivity contribution >= 4 is 27.1 Å². The molecular weight excluding hydrogens is 290 g/mol. The van der Waals surface area contributed by atoms with Gasteiger partial charge in [0.15, 0.2) is 5.96 Å². The van der Waals surface area contributed by atoms with Crippen LogP contribution in [0.4, 0.5) is 0 Å². The number of nitrogens with zero attached hydrogens (tertiary/aromatic N) is 2. The van der Waals surface area contributed by atoms with Gasteiger partial charge < -0.3 is 35.9 Å². The molecule has 0 saturated carbocycles. The van der Waals surface area contributed by atoms with Gasteiger partial charge in [-0.1, -0.05) is 0 Å². The molecule has 0 unspecified atom stereocenters. The van der Waals surface area contributed by atoms with Crippen molar-refractivity contribution in [3.63, 3.8) is 0 Å². The van der Waals surface area contributed by atoms with Gasteiger partial charge in [0.1, 0.15) is 19.1 Å².